The highest BCUT2D eigenvalue weighted by molar-refractivity contribution is 5.88. The summed E-state index contributed by atoms with van der Waals surface area (Å²) in [5, 5.41) is 9.06. The normalized spacial score (nSPS) is 21.6. The predicted octanol–water partition coefficient (Wildman–Crippen LogP) is 2.33. The fourth-order valence-electron chi connectivity index (χ4n) is 2.01. The van der Waals surface area contributed by atoms with E-state index in [2.05, 4.69) is 19.9 Å². The van der Waals surface area contributed by atoms with Crippen LogP contribution in [0.25, 0.3) is 0 Å². The van der Waals surface area contributed by atoms with Crippen LogP contribution in [0.4, 0.5) is 0 Å². The minimum absolute atomic E-state index is 0.109. The number of carbonyl (C=O) groups excluding carboxylic acids is 1. The summed E-state index contributed by atoms with van der Waals surface area (Å²) in [4.78, 5) is 14.2. The smallest absolute Gasteiger partial charge is 0.243 e. The van der Waals surface area contributed by atoms with Gasteiger partial charge in [0.25, 0.3) is 0 Å². The SMILES string of the molecule is CC(C)CCN(C(=O)C1(C#N)CC1)C1CC1. The topological polar surface area (TPSA) is 44.1 Å². The van der Waals surface area contributed by atoms with Crippen LogP contribution in [0, 0.1) is 22.7 Å². The molecular formula is C13H20N2O. The van der Waals surface area contributed by atoms with Crippen molar-refractivity contribution in [2.45, 2.75) is 52.0 Å². The first-order valence-electron chi connectivity index (χ1n) is 6.31. The molecule has 2 saturated carbocycles. The maximum atomic E-state index is 12.3. The Kier molecular flexibility index (Phi) is 2.92. The van der Waals surface area contributed by atoms with Crippen LogP contribution in [-0.2, 0) is 4.79 Å². The second-order valence-corrected chi connectivity index (χ2v) is 5.61. The summed E-state index contributed by atoms with van der Waals surface area (Å²) < 4.78 is 0. The Morgan fingerprint density at radius 2 is 2.12 bits per heavy atom. The fourth-order valence-corrected chi connectivity index (χ4v) is 2.01. The van der Waals surface area contributed by atoms with Crippen LogP contribution in [0.15, 0.2) is 0 Å². The van der Waals surface area contributed by atoms with Crippen molar-refractivity contribution in [3.05, 3.63) is 0 Å². The minimum atomic E-state index is -0.625. The molecule has 0 aliphatic heterocycles. The van der Waals surface area contributed by atoms with Crippen LogP contribution in [0.2, 0.25) is 0 Å². The molecule has 0 heterocycles. The van der Waals surface area contributed by atoms with E-state index in [-0.39, 0.29) is 5.91 Å². The first-order chi connectivity index (χ1) is 7.59. The molecule has 3 nitrogen and oxygen atoms in total. The van der Waals surface area contributed by atoms with Gasteiger partial charge in [-0.2, -0.15) is 5.26 Å². The van der Waals surface area contributed by atoms with Crippen molar-refractivity contribution in [3.63, 3.8) is 0 Å². The molecule has 0 atom stereocenters. The number of amides is 1. The summed E-state index contributed by atoms with van der Waals surface area (Å²) in [5.74, 6) is 0.726. The van der Waals surface area contributed by atoms with Gasteiger partial charge in [0.15, 0.2) is 0 Å². The van der Waals surface area contributed by atoms with Gasteiger partial charge in [0, 0.05) is 12.6 Å². The third-order valence-corrected chi connectivity index (χ3v) is 3.57. The van der Waals surface area contributed by atoms with E-state index in [9.17, 15) is 4.79 Å². The number of carbonyl (C=O) groups is 1. The number of hydrogen-bond donors (Lipinski definition) is 0. The van der Waals surface area contributed by atoms with Gasteiger partial charge >= 0.3 is 0 Å². The average Bonchev–Trinajstić information content (AvgIpc) is 3.12. The van der Waals surface area contributed by atoms with Gasteiger partial charge in [0.2, 0.25) is 5.91 Å². The zero-order valence-electron chi connectivity index (χ0n) is 10.2. The van der Waals surface area contributed by atoms with Crippen molar-refractivity contribution >= 4 is 5.91 Å². The molecule has 2 aliphatic rings. The van der Waals surface area contributed by atoms with Crippen molar-refractivity contribution in [1.29, 1.82) is 5.26 Å². The summed E-state index contributed by atoms with van der Waals surface area (Å²) in [7, 11) is 0. The van der Waals surface area contributed by atoms with Crippen LogP contribution in [0.1, 0.15) is 46.0 Å². The van der Waals surface area contributed by atoms with Crippen molar-refractivity contribution in [2.75, 3.05) is 6.54 Å². The van der Waals surface area contributed by atoms with Gasteiger partial charge in [-0.15, -0.1) is 0 Å². The maximum absolute atomic E-state index is 12.3. The number of nitriles is 1. The minimum Gasteiger partial charge on any atom is -0.338 e. The summed E-state index contributed by atoms with van der Waals surface area (Å²) >= 11 is 0. The Morgan fingerprint density at radius 3 is 2.50 bits per heavy atom. The molecule has 0 aromatic carbocycles. The van der Waals surface area contributed by atoms with Gasteiger partial charge in [0.1, 0.15) is 5.41 Å². The van der Waals surface area contributed by atoms with E-state index in [0.717, 1.165) is 38.6 Å². The molecule has 0 aromatic heterocycles. The number of hydrogen-bond acceptors (Lipinski definition) is 2. The molecule has 2 aliphatic carbocycles. The third kappa shape index (κ3) is 2.21. The average molecular weight is 220 g/mol. The Balaban J connectivity index is 1.97. The Hall–Kier alpha value is -1.04. The van der Waals surface area contributed by atoms with E-state index in [1.165, 1.54) is 0 Å². The lowest BCUT2D eigenvalue weighted by molar-refractivity contribution is -0.135. The summed E-state index contributed by atoms with van der Waals surface area (Å²) in [5.41, 5.74) is -0.625. The van der Waals surface area contributed by atoms with Gasteiger partial charge in [-0.05, 0) is 38.0 Å². The van der Waals surface area contributed by atoms with Gasteiger partial charge in [-0.1, -0.05) is 13.8 Å². The molecule has 2 fully saturated rings. The first kappa shape index (κ1) is 11.4. The Labute approximate surface area is 97.4 Å². The molecule has 0 saturated heterocycles. The standard InChI is InChI=1S/C13H20N2O/c1-10(2)5-8-15(11-3-4-11)12(16)13(9-14)6-7-13/h10-11H,3-8H2,1-2H3. The largest absolute Gasteiger partial charge is 0.338 e. The number of nitrogens with zero attached hydrogens (tertiary/aromatic N) is 2. The van der Waals surface area contributed by atoms with Gasteiger partial charge < -0.3 is 4.90 Å². The molecular weight excluding hydrogens is 200 g/mol. The van der Waals surface area contributed by atoms with Crippen LogP contribution in [0.5, 0.6) is 0 Å². The maximum Gasteiger partial charge on any atom is 0.243 e. The highest BCUT2D eigenvalue weighted by atomic mass is 16.2. The molecule has 0 unspecified atom stereocenters. The van der Waals surface area contributed by atoms with Gasteiger partial charge in [0.05, 0.1) is 6.07 Å². The van der Waals surface area contributed by atoms with Crippen molar-refractivity contribution in [1.82, 2.24) is 4.90 Å². The Morgan fingerprint density at radius 1 is 1.50 bits per heavy atom. The number of rotatable bonds is 5. The first-order valence-corrected chi connectivity index (χ1v) is 6.31. The van der Waals surface area contributed by atoms with E-state index in [4.69, 9.17) is 5.26 Å². The van der Waals surface area contributed by atoms with Crippen LogP contribution >= 0.6 is 0 Å². The summed E-state index contributed by atoms with van der Waals surface area (Å²) in [6, 6.07) is 2.65. The van der Waals surface area contributed by atoms with E-state index < -0.39 is 5.41 Å². The van der Waals surface area contributed by atoms with Gasteiger partial charge in [-0.3, -0.25) is 4.79 Å². The third-order valence-electron chi connectivity index (χ3n) is 3.57. The van der Waals surface area contributed by atoms with Gasteiger partial charge in [-0.25, -0.2) is 0 Å². The molecule has 88 valence electrons. The van der Waals surface area contributed by atoms with Crippen LogP contribution < -0.4 is 0 Å². The lowest BCUT2D eigenvalue weighted by Crippen LogP contribution is -2.39. The lowest BCUT2D eigenvalue weighted by Gasteiger charge is -2.25. The molecule has 2 rings (SSSR count). The second kappa shape index (κ2) is 4.08. The van der Waals surface area contributed by atoms with Crippen molar-refractivity contribution < 1.29 is 4.79 Å². The quantitative estimate of drug-likeness (QED) is 0.713. The van der Waals surface area contributed by atoms with E-state index in [0.29, 0.717) is 12.0 Å². The van der Waals surface area contributed by atoms with E-state index in [1.807, 2.05) is 4.90 Å². The zero-order valence-corrected chi connectivity index (χ0v) is 10.2. The van der Waals surface area contributed by atoms with Crippen LogP contribution in [0.3, 0.4) is 0 Å². The molecule has 0 bridgehead atoms. The fraction of sp³-hybridized carbons (Fsp3) is 0.846. The highest BCUT2D eigenvalue weighted by Gasteiger charge is 2.54. The van der Waals surface area contributed by atoms with Crippen LogP contribution in [-0.4, -0.2) is 23.4 Å². The lowest BCUT2D eigenvalue weighted by atomic mass is 10.1. The molecule has 0 radical (unpaired) electrons. The van der Waals surface area contributed by atoms with E-state index >= 15 is 0 Å². The zero-order chi connectivity index (χ0) is 11.8. The van der Waals surface area contributed by atoms with E-state index in [1.54, 1.807) is 0 Å². The summed E-state index contributed by atoms with van der Waals surface area (Å²) in [6.07, 6.45) is 4.85. The monoisotopic (exact) mass is 220 g/mol. The molecule has 1 amide bonds. The predicted molar refractivity (Wildman–Crippen MR) is 61.5 cm³/mol. The molecule has 0 aromatic rings. The molecule has 16 heavy (non-hydrogen) atoms. The van der Waals surface area contributed by atoms with Crippen molar-refractivity contribution in [2.24, 2.45) is 11.3 Å². The Bertz CT molecular complexity index is 321. The molecule has 3 heteroatoms. The summed E-state index contributed by atoms with van der Waals surface area (Å²) in [6.45, 7) is 5.18. The highest BCUT2D eigenvalue weighted by Crippen LogP contribution is 2.48. The second-order valence-electron chi connectivity index (χ2n) is 5.61. The molecule has 0 N–H and O–H groups in total. The molecule has 0 spiro atoms. The van der Waals surface area contributed by atoms with Crippen molar-refractivity contribution in [3.8, 4) is 6.07 Å².